The van der Waals surface area contributed by atoms with Crippen molar-refractivity contribution in [2.75, 3.05) is 45.8 Å². The van der Waals surface area contributed by atoms with Gasteiger partial charge in [-0.3, -0.25) is 14.6 Å². The number of hydrogen-bond acceptors (Lipinski definition) is 4. The average molecular weight is 345 g/mol. The number of hydrogen-bond donors (Lipinski definition) is 1. The first kappa shape index (κ1) is 18.4. The summed E-state index contributed by atoms with van der Waals surface area (Å²) in [5.41, 5.74) is 0.991. The minimum absolute atomic E-state index is 0.189. The van der Waals surface area contributed by atoms with E-state index in [1.54, 1.807) is 6.92 Å². The Morgan fingerprint density at radius 1 is 1.16 bits per heavy atom. The summed E-state index contributed by atoms with van der Waals surface area (Å²) in [5.74, 6) is 0.779. The van der Waals surface area contributed by atoms with Gasteiger partial charge in [0.15, 0.2) is 0 Å². The summed E-state index contributed by atoms with van der Waals surface area (Å²) in [5, 5.41) is 10.5. The summed E-state index contributed by atoms with van der Waals surface area (Å²) in [4.78, 5) is 18.5. The molecule has 25 heavy (non-hydrogen) atoms. The highest BCUT2D eigenvalue weighted by Crippen LogP contribution is 2.25. The van der Waals surface area contributed by atoms with Gasteiger partial charge in [0.1, 0.15) is 0 Å². The van der Waals surface area contributed by atoms with Crippen LogP contribution in [-0.4, -0.2) is 77.6 Å². The fraction of sp³-hybridized carbons (Fsp3) is 0.650. The van der Waals surface area contributed by atoms with E-state index in [1.165, 1.54) is 0 Å². The molecule has 0 spiro atoms. The second-order valence-corrected chi connectivity index (χ2v) is 7.59. The summed E-state index contributed by atoms with van der Waals surface area (Å²) >= 11 is 0. The van der Waals surface area contributed by atoms with E-state index in [0.717, 1.165) is 51.3 Å². The third kappa shape index (κ3) is 4.60. The van der Waals surface area contributed by atoms with Crippen molar-refractivity contribution in [3.05, 3.63) is 35.9 Å². The second-order valence-electron chi connectivity index (χ2n) is 7.59. The molecule has 2 heterocycles. The average Bonchev–Trinajstić information content (AvgIpc) is 2.82. The van der Waals surface area contributed by atoms with Crippen LogP contribution in [0.3, 0.4) is 0 Å². The molecule has 0 aliphatic carbocycles. The van der Waals surface area contributed by atoms with Gasteiger partial charge in [0.2, 0.25) is 5.91 Å². The quantitative estimate of drug-likeness (QED) is 0.900. The van der Waals surface area contributed by atoms with Crippen molar-refractivity contribution in [1.82, 2.24) is 14.7 Å². The molecule has 5 heteroatoms. The van der Waals surface area contributed by atoms with Crippen LogP contribution in [0.1, 0.15) is 31.9 Å². The van der Waals surface area contributed by atoms with Crippen molar-refractivity contribution in [3.8, 4) is 0 Å². The predicted molar refractivity (Wildman–Crippen MR) is 99.2 cm³/mol. The highest BCUT2D eigenvalue weighted by atomic mass is 16.3. The summed E-state index contributed by atoms with van der Waals surface area (Å²) in [6.45, 7) is 10.4. The van der Waals surface area contributed by atoms with Gasteiger partial charge in [-0.05, 0) is 17.9 Å². The molecule has 3 rings (SSSR count). The molecule has 2 saturated heterocycles. The number of amides is 1. The van der Waals surface area contributed by atoms with Crippen molar-refractivity contribution < 1.29 is 9.90 Å². The van der Waals surface area contributed by atoms with E-state index in [-0.39, 0.29) is 5.91 Å². The maximum absolute atomic E-state index is 11.6. The number of nitrogens with zero attached hydrogens (tertiary/aromatic N) is 3. The Hall–Kier alpha value is -1.43. The van der Waals surface area contributed by atoms with Gasteiger partial charge in [0.25, 0.3) is 0 Å². The summed E-state index contributed by atoms with van der Waals surface area (Å²) in [6, 6.07) is 10.4. The van der Waals surface area contributed by atoms with E-state index in [0.29, 0.717) is 18.5 Å². The first-order valence-electron chi connectivity index (χ1n) is 9.49. The molecule has 0 aromatic heterocycles. The molecule has 0 unspecified atom stereocenters. The van der Waals surface area contributed by atoms with Crippen LogP contribution >= 0.6 is 0 Å². The van der Waals surface area contributed by atoms with Crippen LogP contribution in [-0.2, 0) is 4.79 Å². The van der Waals surface area contributed by atoms with Crippen molar-refractivity contribution >= 4 is 5.91 Å². The zero-order valence-electron chi connectivity index (χ0n) is 15.5. The lowest BCUT2D eigenvalue weighted by Crippen LogP contribution is -2.43. The lowest BCUT2D eigenvalue weighted by Gasteiger charge is -2.30. The van der Waals surface area contributed by atoms with Crippen LogP contribution in [0, 0.1) is 5.92 Å². The van der Waals surface area contributed by atoms with Crippen molar-refractivity contribution in [2.24, 2.45) is 5.92 Å². The van der Waals surface area contributed by atoms with E-state index in [1.807, 2.05) is 35.2 Å². The molecule has 2 aliphatic heterocycles. The van der Waals surface area contributed by atoms with Crippen LogP contribution in [0.4, 0.5) is 0 Å². The molecule has 0 saturated carbocycles. The molecular formula is C20H31N3O2. The Morgan fingerprint density at radius 3 is 2.64 bits per heavy atom. The molecule has 0 bridgehead atoms. The molecule has 1 amide bonds. The number of carbonyl (C=O) groups is 1. The van der Waals surface area contributed by atoms with Gasteiger partial charge in [-0.2, -0.15) is 0 Å². The fourth-order valence-corrected chi connectivity index (χ4v) is 4.28. The fourth-order valence-electron chi connectivity index (χ4n) is 4.28. The lowest BCUT2D eigenvalue weighted by atomic mass is 10.0. The number of likely N-dealkylation sites (tertiary alicyclic amines) is 1. The predicted octanol–water partition coefficient (Wildman–Crippen LogP) is 1.59. The molecule has 2 fully saturated rings. The van der Waals surface area contributed by atoms with Crippen LogP contribution in [0.25, 0.3) is 0 Å². The van der Waals surface area contributed by atoms with E-state index < -0.39 is 6.10 Å². The minimum atomic E-state index is -0.426. The summed E-state index contributed by atoms with van der Waals surface area (Å²) in [7, 11) is 0. The SMILES string of the molecule is CC(=O)N1CCCN([C@@H]2CN(C[C@@H](O)c3ccccc3)C[C@H]2C)CC1. The van der Waals surface area contributed by atoms with E-state index in [4.69, 9.17) is 0 Å². The Morgan fingerprint density at radius 2 is 1.92 bits per heavy atom. The highest BCUT2D eigenvalue weighted by Gasteiger charge is 2.35. The Bertz CT molecular complexity index is 565. The summed E-state index contributed by atoms with van der Waals surface area (Å²) < 4.78 is 0. The largest absolute Gasteiger partial charge is 0.387 e. The molecule has 3 atom stereocenters. The molecule has 1 N–H and O–H groups in total. The monoisotopic (exact) mass is 345 g/mol. The first-order valence-corrected chi connectivity index (χ1v) is 9.49. The number of benzene rings is 1. The molecule has 138 valence electrons. The number of carbonyl (C=O) groups excluding carboxylic acids is 1. The lowest BCUT2D eigenvalue weighted by molar-refractivity contribution is -0.128. The molecule has 0 radical (unpaired) electrons. The van der Waals surface area contributed by atoms with Crippen LogP contribution in [0.15, 0.2) is 30.3 Å². The molecule has 1 aromatic rings. The van der Waals surface area contributed by atoms with Gasteiger partial charge in [-0.1, -0.05) is 37.3 Å². The first-order chi connectivity index (χ1) is 12.0. The molecule has 5 nitrogen and oxygen atoms in total. The number of aliphatic hydroxyl groups excluding tert-OH is 1. The number of aliphatic hydroxyl groups is 1. The van der Waals surface area contributed by atoms with Crippen LogP contribution < -0.4 is 0 Å². The van der Waals surface area contributed by atoms with E-state index >= 15 is 0 Å². The van der Waals surface area contributed by atoms with Crippen LogP contribution in [0.2, 0.25) is 0 Å². The molecular weight excluding hydrogens is 314 g/mol. The smallest absolute Gasteiger partial charge is 0.219 e. The van der Waals surface area contributed by atoms with Gasteiger partial charge in [0.05, 0.1) is 6.10 Å². The maximum atomic E-state index is 11.6. The van der Waals surface area contributed by atoms with E-state index in [9.17, 15) is 9.90 Å². The number of β-amino-alcohol motifs (C(OH)–C–C–N with tert-alkyl or cyclic N) is 1. The zero-order chi connectivity index (χ0) is 17.8. The maximum Gasteiger partial charge on any atom is 0.219 e. The molecule has 1 aromatic carbocycles. The Balaban J connectivity index is 1.55. The Labute approximate surface area is 151 Å². The molecule has 2 aliphatic rings. The van der Waals surface area contributed by atoms with Crippen molar-refractivity contribution in [1.29, 1.82) is 0 Å². The van der Waals surface area contributed by atoms with Gasteiger partial charge in [0, 0.05) is 58.8 Å². The highest BCUT2D eigenvalue weighted by molar-refractivity contribution is 5.73. The topological polar surface area (TPSA) is 47.0 Å². The van der Waals surface area contributed by atoms with Crippen molar-refractivity contribution in [2.45, 2.75) is 32.4 Å². The third-order valence-electron chi connectivity index (χ3n) is 5.71. The van der Waals surface area contributed by atoms with Gasteiger partial charge >= 0.3 is 0 Å². The van der Waals surface area contributed by atoms with E-state index in [2.05, 4.69) is 16.7 Å². The number of rotatable bonds is 4. The zero-order valence-corrected chi connectivity index (χ0v) is 15.5. The second kappa shape index (κ2) is 8.30. The van der Waals surface area contributed by atoms with Gasteiger partial charge in [-0.25, -0.2) is 0 Å². The minimum Gasteiger partial charge on any atom is -0.387 e. The van der Waals surface area contributed by atoms with Crippen molar-refractivity contribution in [3.63, 3.8) is 0 Å². The van der Waals surface area contributed by atoms with Gasteiger partial charge in [-0.15, -0.1) is 0 Å². The van der Waals surface area contributed by atoms with Crippen LogP contribution in [0.5, 0.6) is 0 Å². The Kier molecular flexibility index (Phi) is 6.10. The van der Waals surface area contributed by atoms with Gasteiger partial charge < -0.3 is 10.0 Å². The third-order valence-corrected chi connectivity index (χ3v) is 5.71. The standard InChI is InChI=1S/C20H31N3O2/c1-16-13-21(15-20(25)18-7-4-3-5-8-18)14-19(16)23-10-6-9-22(11-12-23)17(2)24/h3-5,7-8,16,19-20,25H,6,9-15H2,1-2H3/t16-,19-,20-/m1/s1. The normalized spacial score (nSPS) is 27.2. The summed E-state index contributed by atoms with van der Waals surface area (Å²) in [6.07, 6.45) is 0.625.